The highest BCUT2D eigenvalue weighted by molar-refractivity contribution is 7.91. The Kier molecular flexibility index (Phi) is 6.26. The van der Waals surface area contributed by atoms with E-state index in [1.54, 1.807) is 37.3 Å². The molecule has 0 aliphatic carbocycles. The first-order valence-corrected chi connectivity index (χ1v) is 7.67. The molecule has 0 atom stereocenters. The molecule has 7 nitrogen and oxygen atoms in total. The topological polar surface area (TPSA) is 102 Å². The number of rotatable bonds is 7. The van der Waals surface area contributed by atoms with Gasteiger partial charge in [0.1, 0.15) is 0 Å². The molecular weight excluding hydrogens is 282 g/mol. The van der Waals surface area contributed by atoms with Crippen molar-refractivity contribution in [3.63, 3.8) is 0 Å². The van der Waals surface area contributed by atoms with Gasteiger partial charge in [0, 0.05) is 6.54 Å². The Balaban J connectivity index is 2.95. The van der Waals surface area contributed by atoms with Crippen LogP contribution >= 0.6 is 0 Å². The molecule has 0 bridgehead atoms. The van der Waals surface area contributed by atoms with Gasteiger partial charge in [-0.05, 0) is 32.0 Å². The predicted molar refractivity (Wildman–Crippen MR) is 76.5 cm³/mol. The molecule has 0 heterocycles. The van der Waals surface area contributed by atoms with Crippen LogP contribution in [-0.4, -0.2) is 34.2 Å². The van der Waals surface area contributed by atoms with Crippen molar-refractivity contribution >= 4 is 22.0 Å². The smallest absolute Gasteiger partial charge is 0.422 e. The van der Waals surface area contributed by atoms with Gasteiger partial charge < -0.3 is 10.5 Å². The molecule has 0 radical (unpaired) electrons. The lowest BCUT2D eigenvalue weighted by Gasteiger charge is -2.23. The van der Waals surface area contributed by atoms with Gasteiger partial charge in [-0.25, -0.2) is 9.52 Å². The summed E-state index contributed by atoms with van der Waals surface area (Å²) in [5, 5.41) is 0. The third-order valence-electron chi connectivity index (χ3n) is 2.39. The lowest BCUT2D eigenvalue weighted by atomic mass is 10.3. The molecular formula is C12H19N3O4S. The molecule has 8 heteroatoms. The van der Waals surface area contributed by atoms with E-state index in [1.165, 1.54) is 0 Å². The average Bonchev–Trinajstić information content (AvgIpc) is 2.39. The molecule has 1 amide bonds. The van der Waals surface area contributed by atoms with Crippen LogP contribution in [0.15, 0.2) is 30.3 Å². The average molecular weight is 301 g/mol. The highest BCUT2D eigenvalue weighted by atomic mass is 32.2. The Hall–Kier alpha value is -1.80. The molecule has 0 aromatic heterocycles. The van der Waals surface area contributed by atoms with E-state index in [-0.39, 0.29) is 13.2 Å². The number of nitrogens with one attached hydrogen (secondary N) is 1. The first-order valence-electron chi connectivity index (χ1n) is 6.23. The Labute approximate surface area is 118 Å². The number of amides is 1. The normalized spacial score (nSPS) is 10.9. The molecule has 1 rings (SSSR count). The summed E-state index contributed by atoms with van der Waals surface area (Å²) in [5.74, 6) is 0. The third kappa shape index (κ3) is 4.71. The molecule has 20 heavy (non-hydrogen) atoms. The Morgan fingerprint density at radius 1 is 1.35 bits per heavy atom. The molecule has 112 valence electrons. The summed E-state index contributed by atoms with van der Waals surface area (Å²) in [6.07, 6.45) is -0.528. The minimum Gasteiger partial charge on any atom is -0.449 e. The van der Waals surface area contributed by atoms with Crippen LogP contribution in [0.3, 0.4) is 0 Å². The number of carbonyl (C=O) groups excluding carboxylic acids is 1. The SMILES string of the molecule is CCOC(=O)NS(=O)(=O)N(CCCN)c1ccccc1. The van der Waals surface area contributed by atoms with E-state index in [2.05, 4.69) is 4.74 Å². The second-order valence-corrected chi connectivity index (χ2v) is 5.47. The van der Waals surface area contributed by atoms with E-state index in [1.807, 2.05) is 4.72 Å². The molecule has 0 aliphatic rings. The van der Waals surface area contributed by atoms with E-state index in [0.717, 1.165) is 4.31 Å². The number of nitrogens with two attached hydrogens (primary N) is 1. The predicted octanol–water partition coefficient (Wildman–Crippen LogP) is 0.833. The van der Waals surface area contributed by atoms with Crippen molar-refractivity contribution in [2.75, 3.05) is 24.0 Å². The molecule has 0 aliphatic heterocycles. The van der Waals surface area contributed by atoms with E-state index >= 15 is 0 Å². The molecule has 0 saturated heterocycles. The van der Waals surface area contributed by atoms with Crippen LogP contribution in [0.1, 0.15) is 13.3 Å². The van der Waals surface area contributed by atoms with Gasteiger partial charge in [0.25, 0.3) is 0 Å². The first kappa shape index (κ1) is 16.3. The van der Waals surface area contributed by atoms with Crippen molar-refractivity contribution < 1.29 is 17.9 Å². The maximum Gasteiger partial charge on any atom is 0.422 e. The van der Waals surface area contributed by atoms with Gasteiger partial charge in [0.05, 0.1) is 12.3 Å². The quantitative estimate of drug-likeness (QED) is 0.776. The number of hydrogen-bond acceptors (Lipinski definition) is 5. The van der Waals surface area contributed by atoms with Gasteiger partial charge in [-0.15, -0.1) is 0 Å². The number of para-hydroxylation sites is 1. The van der Waals surface area contributed by atoms with Gasteiger partial charge in [-0.2, -0.15) is 8.42 Å². The number of benzene rings is 1. The van der Waals surface area contributed by atoms with Gasteiger partial charge in [0.2, 0.25) is 0 Å². The van der Waals surface area contributed by atoms with Crippen LogP contribution in [0.2, 0.25) is 0 Å². The molecule has 1 aromatic carbocycles. The zero-order valence-corrected chi connectivity index (χ0v) is 12.1. The molecule has 0 saturated carbocycles. The maximum absolute atomic E-state index is 12.2. The van der Waals surface area contributed by atoms with Gasteiger partial charge in [0.15, 0.2) is 0 Å². The van der Waals surface area contributed by atoms with E-state index in [9.17, 15) is 13.2 Å². The van der Waals surface area contributed by atoms with Crippen LogP contribution in [-0.2, 0) is 14.9 Å². The summed E-state index contributed by atoms with van der Waals surface area (Å²) in [6, 6.07) is 8.48. The number of carbonyl (C=O) groups is 1. The standard InChI is InChI=1S/C12H19N3O4S/c1-2-19-12(16)14-20(17,18)15(10-6-9-13)11-7-4-3-5-8-11/h3-5,7-8H,2,6,9-10,13H2,1H3,(H,14,16). The summed E-state index contributed by atoms with van der Waals surface area (Å²) >= 11 is 0. The van der Waals surface area contributed by atoms with Crippen LogP contribution in [0.5, 0.6) is 0 Å². The fourth-order valence-corrected chi connectivity index (χ4v) is 2.69. The van der Waals surface area contributed by atoms with Crippen molar-refractivity contribution in [2.45, 2.75) is 13.3 Å². The summed E-state index contributed by atoms with van der Waals surface area (Å²) < 4.78 is 31.9. The number of ether oxygens (including phenoxy) is 1. The van der Waals surface area contributed by atoms with Crippen molar-refractivity contribution in [1.29, 1.82) is 0 Å². The largest absolute Gasteiger partial charge is 0.449 e. The summed E-state index contributed by atoms with van der Waals surface area (Å²) in [7, 11) is -4.02. The highest BCUT2D eigenvalue weighted by Gasteiger charge is 2.24. The Morgan fingerprint density at radius 3 is 2.55 bits per heavy atom. The first-order chi connectivity index (χ1) is 9.51. The second kappa shape index (κ2) is 7.71. The molecule has 1 aromatic rings. The summed E-state index contributed by atoms with van der Waals surface area (Å²) in [6.45, 7) is 2.21. The van der Waals surface area contributed by atoms with Gasteiger partial charge >= 0.3 is 16.3 Å². The van der Waals surface area contributed by atoms with Crippen molar-refractivity contribution in [2.24, 2.45) is 5.73 Å². The molecule has 3 N–H and O–H groups in total. The van der Waals surface area contributed by atoms with Crippen molar-refractivity contribution in [3.8, 4) is 0 Å². The second-order valence-electron chi connectivity index (χ2n) is 3.88. The maximum atomic E-state index is 12.2. The lowest BCUT2D eigenvalue weighted by Crippen LogP contribution is -2.44. The minimum absolute atomic E-state index is 0.0927. The molecule has 0 unspecified atom stereocenters. The fraction of sp³-hybridized carbons (Fsp3) is 0.417. The van der Waals surface area contributed by atoms with Crippen molar-refractivity contribution in [3.05, 3.63) is 30.3 Å². The van der Waals surface area contributed by atoms with Crippen LogP contribution in [0.25, 0.3) is 0 Å². The zero-order valence-electron chi connectivity index (χ0n) is 11.3. The van der Waals surface area contributed by atoms with Crippen LogP contribution in [0.4, 0.5) is 10.5 Å². The number of nitrogens with zero attached hydrogens (tertiary/aromatic N) is 1. The fourth-order valence-electron chi connectivity index (χ4n) is 1.54. The van der Waals surface area contributed by atoms with Crippen LogP contribution < -0.4 is 14.8 Å². The Bertz CT molecular complexity index is 519. The monoisotopic (exact) mass is 301 g/mol. The highest BCUT2D eigenvalue weighted by Crippen LogP contribution is 2.16. The summed E-state index contributed by atoms with van der Waals surface area (Å²) in [4.78, 5) is 11.3. The van der Waals surface area contributed by atoms with Gasteiger partial charge in [-0.1, -0.05) is 18.2 Å². The third-order valence-corrected chi connectivity index (χ3v) is 3.79. The van der Waals surface area contributed by atoms with E-state index < -0.39 is 16.3 Å². The van der Waals surface area contributed by atoms with E-state index in [0.29, 0.717) is 18.7 Å². The zero-order chi connectivity index (χ0) is 15.0. The number of anilines is 1. The van der Waals surface area contributed by atoms with Gasteiger partial charge in [-0.3, -0.25) is 4.31 Å². The Morgan fingerprint density at radius 2 is 2.00 bits per heavy atom. The van der Waals surface area contributed by atoms with Crippen molar-refractivity contribution in [1.82, 2.24) is 4.72 Å². The van der Waals surface area contributed by atoms with Crippen LogP contribution in [0, 0.1) is 0 Å². The minimum atomic E-state index is -4.02. The summed E-state index contributed by atoms with van der Waals surface area (Å²) in [5.41, 5.74) is 5.87. The lowest BCUT2D eigenvalue weighted by molar-refractivity contribution is 0.158. The van der Waals surface area contributed by atoms with E-state index in [4.69, 9.17) is 5.73 Å². The molecule has 0 fully saturated rings. The number of hydrogen-bond donors (Lipinski definition) is 2. The molecule has 0 spiro atoms.